The van der Waals surface area contributed by atoms with E-state index in [0.29, 0.717) is 11.6 Å². The molecule has 126 valence electrons. The molecule has 0 spiro atoms. The summed E-state index contributed by atoms with van der Waals surface area (Å²) in [7, 11) is 0. The fraction of sp³-hybridized carbons (Fsp3) is 0.400. The Labute approximate surface area is 139 Å². The van der Waals surface area contributed by atoms with E-state index in [-0.39, 0.29) is 12.6 Å². The van der Waals surface area contributed by atoms with Crippen molar-refractivity contribution in [2.75, 3.05) is 13.1 Å². The minimum absolute atomic E-state index is 0.266. The van der Waals surface area contributed by atoms with E-state index in [0.717, 1.165) is 5.56 Å². The number of carbonyl (C=O) groups excluding carboxylic acids is 2. The van der Waals surface area contributed by atoms with Crippen molar-refractivity contribution < 1.29 is 19.5 Å². The number of halogens is 1. The van der Waals surface area contributed by atoms with Crippen molar-refractivity contribution in [1.29, 1.82) is 0 Å². The van der Waals surface area contributed by atoms with Crippen LogP contribution in [0.5, 0.6) is 0 Å². The molecule has 0 fully saturated rings. The van der Waals surface area contributed by atoms with Crippen molar-refractivity contribution >= 4 is 29.5 Å². The minimum Gasteiger partial charge on any atom is -0.480 e. The summed E-state index contributed by atoms with van der Waals surface area (Å²) in [5, 5.41) is 14.4. The number of carboxylic acids is 1. The van der Waals surface area contributed by atoms with Gasteiger partial charge in [0.25, 0.3) is 0 Å². The van der Waals surface area contributed by atoms with E-state index in [1.165, 1.54) is 4.90 Å². The summed E-state index contributed by atoms with van der Waals surface area (Å²) in [5.74, 6) is -1.55. The first-order valence-corrected chi connectivity index (χ1v) is 7.44. The summed E-state index contributed by atoms with van der Waals surface area (Å²) >= 11 is 5.77. The molecule has 23 heavy (non-hydrogen) atoms. The van der Waals surface area contributed by atoms with Gasteiger partial charge in [-0.3, -0.25) is 9.59 Å². The highest BCUT2D eigenvalue weighted by molar-refractivity contribution is 6.30. The number of rotatable bonds is 7. The first-order valence-electron chi connectivity index (χ1n) is 7.07. The molecule has 0 unspecified atom stereocenters. The summed E-state index contributed by atoms with van der Waals surface area (Å²) < 4.78 is 0. The Kier molecular flexibility index (Phi) is 7.34. The lowest BCUT2D eigenvalue weighted by atomic mass is 10.2. The van der Waals surface area contributed by atoms with E-state index in [1.54, 1.807) is 38.1 Å². The van der Waals surface area contributed by atoms with Crippen molar-refractivity contribution in [2.24, 2.45) is 0 Å². The molecular formula is C15H20ClN3O4. The number of benzene rings is 1. The normalized spacial score (nSPS) is 10.3. The SMILES string of the molecule is CC(C)N(CC(=O)O)C(=O)CNC(=O)NCc1ccc(Cl)cc1. The summed E-state index contributed by atoms with van der Waals surface area (Å²) in [6.07, 6.45) is 0. The van der Waals surface area contributed by atoms with Gasteiger partial charge < -0.3 is 20.6 Å². The molecule has 0 saturated heterocycles. The van der Waals surface area contributed by atoms with E-state index >= 15 is 0 Å². The fourth-order valence-corrected chi connectivity index (χ4v) is 1.93. The molecule has 0 aliphatic rings. The van der Waals surface area contributed by atoms with Crippen LogP contribution in [0.1, 0.15) is 19.4 Å². The molecule has 1 rings (SSSR count). The average molecular weight is 342 g/mol. The maximum atomic E-state index is 11.9. The van der Waals surface area contributed by atoms with Crippen LogP contribution in [0, 0.1) is 0 Å². The van der Waals surface area contributed by atoms with Crippen LogP contribution in [-0.4, -0.2) is 47.0 Å². The van der Waals surface area contributed by atoms with Gasteiger partial charge in [-0.05, 0) is 31.5 Å². The molecule has 0 atom stereocenters. The monoisotopic (exact) mass is 341 g/mol. The van der Waals surface area contributed by atoms with Gasteiger partial charge in [0, 0.05) is 17.6 Å². The Bertz CT molecular complexity index is 560. The van der Waals surface area contributed by atoms with Crippen LogP contribution in [0.4, 0.5) is 4.79 Å². The predicted octanol–water partition coefficient (Wildman–Crippen LogP) is 1.46. The lowest BCUT2D eigenvalue weighted by molar-refractivity contribution is -0.145. The van der Waals surface area contributed by atoms with Gasteiger partial charge in [0.15, 0.2) is 0 Å². The molecule has 3 amide bonds. The molecule has 0 aliphatic carbocycles. The van der Waals surface area contributed by atoms with Crippen LogP contribution in [0.15, 0.2) is 24.3 Å². The molecule has 1 aromatic rings. The number of carboxylic acid groups (broad SMARTS) is 1. The van der Waals surface area contributed by atoms with Gasteiger partial charge in [0.2, 0.25) is 5.91 Å². The Morgan fingerprint density at radius 1 is 1.17 bits per heavy atom. The Hall–Kier alpha value is -2.28. The van der Waals surface area contributed by atoms with E-state index in [4.69, 9.17) is 16.7 Å². The largest absolute Gasteiger partial charge is 0.480 e. The predicted molar refractivity (Wildman–Crippen MR) is 86.2 cm³/mol. The number of nitrogens with zero attached hydrogens (tertiary/aromatic N) is 1. The van der Waals surface area contributed by atoms with E-state index in [2.05, 4.69) is 10.6 Å². The Morgan fingerprint density at radius 3 is 2.30 bits per heavy atom. The highest BCUT2D eigenvalue weighted by Gasteiger charge is 2.19. The fourth-order valence-electron chi connectivity index (χ4n) is 1.81. The van der Waals surface area contributed by atoms with Crippen molar-refractivity contribution in [3.63, 3.8) is 0 Å². The lowest BCUT2D eigenvalue weighted by Crippen LogP contribution is -2.47. The molecule has 0 aliphatic heterocycles. The third-order valence-electron chi connectivity index (χ3n) is 3.02. The van der Waals surface area contributed by atoms with Gasteiger partial charge in [-0.2, -0.15) is 0 Å². The van der Waals surface area contributed by atoms with Crippen LogP contribution in [0.2, 0.25) is 5.02 Å². The zero-order valence-corrected chi connectivity index (χ0v) is 13.8. The topological polar surface area (TPSA) is 98.7 Å². The Morgan fingerprint density at radius 2 is 1.78 bits per heavy atom. The summed E-state index contributed by atoms with van der Waals surface area (Å²) in [6.45, 7) is 3.05. The first-order chi connectivity index (χ1) is 10.8. The highest BCUT2D eigenvalue weighted by Crippen LogP contribution is 2.08. The van der Waals surface area contributed by atoms with Crippen LogP contribution in [0.25, 0.3) is 0 Å². The maximum absolute atomic E-state index is 11.9. The smallest absolute Gasteiger partial charge is 0.323 e. The van der Waals surface area contributed by atoms with Crippen LogP contribution in [-0.2, 0) is 16.1 Å². The molecule has 1 aromatic carbocycles. The summed E-state index contributed by atoms with van der Waals surface area (Å²) in [4.78, 5) is 35.5. The highest BCUT2D eigenvalue weighted by atomic mass is 35.5. The maximum Gasteiger partial charge on any atom is 0.323 e. The van der Waals surface area contributed by atoms with Gasteiger partial charge in [-0.15, -0.1) is 0 Å². The quantitative estimate of drug-likeness (QED) is 0.699. The molecule has 0 saturated carbocycles. The van der Waals surface area contributed by atoms with Gasteiger partial charge in [-0.1, -0.05) is 23.7 Å². The average Bonchev–Trinajstić information content (AvgIpc) is 2.49. The molecule has 0 aromatic heterocycles. The summed E-state index contributed by atoms with van der Waals surface area (Å²) in [5.41, 5.74) is 0.866. The van der Waals surface area contributed by atoms with E-state index in [9.17, 15) is 14.4 Å². The second kappa shape index (κ2) is 8.99. The standard InChI is InChI=1S/C15H20ClN3O4/c1-10(2)19(9-14(21)22)13(20)8-18-15(23)17-7-11-3-5-12(16)6-4-11/h3-6,10H,7-9H2,1-2H3,(H,21,22)(H2,17,18,23). The number of urea groups is 1. The van der Waals surface area contributed by atoms with Crippen molar-refractivity contribution in [3.05, 3.63) is 34.9 Å². The minimum atomic E-state index is -1.10. The van der Waals surface area contributed by atoms with Crippen LogP contribution >= 0.6 is 11.6 Å². The number of hydrogen-bond acceptors (Lipinski definition) is 3. The van der Waals surface area contributed by atoms with Gasteiger partial charge >= 0.3 is 12.0 Å². The third kappa shape index (κ3) is 7.01. The number of hydrogen-bond donors (Lipinski definition) is 3. The molecule has 0 bridgehead atoms. The van der Waals surface area contributed by atoms with E-state index < -0.39 is 24.5 Å². The van der Waals surface area contributed by atoms with Crippen molar-refractivity contribution in [3.8, 4) is 0 Å². The second-order valence-corrected chi connectivity index (χ2v) is 5.61. The zero-order chi connectivity index (χ0) is 17.4. The number of aliphatic carboxylic acids is 1. The van der Waals surface area contributed by atoms with Gasteiger partial charge in [-0.25, -0.2) is 4.79 Å². The van der Waals surface area contributed by atoms with Crippen molar-refractivity contribution in [2.45, 2.75) is 26.4 Å². The van der Waals surface area contributed by atoms with Gasteiger partial charge in [0.1, 0.15) is 6.54 Å². The second-order valence-electron chi connectivity index (χ2n) is 5.17. The zero-order valence-electron chi connectivity index (χ0n) is 13.0. The molecule has 7 nitrogen and oxygen atoms in total. The summed E-state index contributed by atoms with van der Waals surface area (Å²) in [6, 6.07) is 6.21. The van der Waals surface area contributed by atoms with E-state index in [1.807, 2.05) is 0 Å². The number of carbonyl (C=O) groups is 3. The first kappa shape index (κ1) is 18.8. The molecule has 0 radical (unpaired) electrons. The molecule has 8 heteroatoms. The number of amides is 3. The Balaban J connectivity index is 2.40. The third-order valence-corrected chi connectivity index (χ3v) is 3.27. The van der Waals surface area contributed by atoms with Gasteiger partial charge in [0.05, 0.1) is 6.54 Å². The number of nitrogens with one attached hydrogen (secondary N) is 2. The van der Waals surface area contributed by atoms with Crippen LogP contribution in [0.3, 0.4) is 0 Å². The molecule has 0 heterocycles. The molecule has 3 N–H and O–H groups in total. The van der Waals surface area contributed by atoms with Crippen LogP contribution < -0.4 is 10.6 Å². The van der Waals surface area contributed by atoms with Crippen molar-refractivity contribution in [1.82, 2.24) is 15.5 Å². The lowest BCUT2D eigenvalue weighted by Gasteiger charge is -2.24. The molecular weight excluding hydrogens is 322 g/mol.